The van der Waals surface area contributed by atoms with Crippen LogP contribution >= 0.6 is 0 Å². The van der Waals surface area contributed by atoms with Gasteiger partial charge in [-0.05, 0) is 96.7 Å². The van der Waals surface area contributed by atoms with Crippen LogP contribution < -0.4 is 14.8 Å². The van der Waals surface area contributed by atoms with Gasteiger partial charge in [-0.25, -0.2) is 8.78 Å². The maximum Gasteiger partial charge on any atom is 0.194 e. The summed E-state index contributed by atoms with van der Waals surface area (Å²) in [6.07, 6.45) is 4.59. The molecule has 1 N–H and O–H groups in total. The molecule has 0 radical (unpaired) electrons. The maximum absolute atomic E-state index is 14.8. The topological polar surface area (TPSA) is 47.6 Å². The Morgan fingerprint density at radius 3 is 2.43 bits per heavy atom. The van der Waals surface area contributed by atoms with Crippen molar-refractivity contribution >= 4 is 16.6 Å². The molecule has 5 rings (SSSR count). The molecule has 1 fully saturated rings. The van der Waals surface area contributed by atoms with E-state index in [1.165, 1.54) is 31.4 Å². The van der Waals surface area contributed by atoms with Crippen molar-refractivity contribution in [2.24, 2.45) is 0 Å². The Hall–Kier alpha value is -3.77. The quantitative estimate of drug-likeness (QED) is 0.266. The minimum atomic E-state index is -0.724. The summed E-state index contributed by atoms with van der Waals surface area (Å²) < 4.78 is 39.7. The van der Waals surface area contributed by atoms with Crippen molar-refractivity contribution in [2.75, 3.05) is 20.3 Å². The molecular weight excluding hydrogens is 472 g/mol. The number of hydrogen-bond donors (Lipinski definition) is 1. The van der Waals surface area contributed by atoms with Crippen molar-refractivity contribution in [1.29, 1.82) is 0 Å². The van der Waals surface area contributed by atoms with E-state index in [9.17, 15) is 13.6 Å². The maximum atomic E-state index is 14.8. The van der Waals surface area contributed by atoms with E-state index in [2.05, 4.69) is 5.32 Å². The predicted molar refractivity (Wildman–Crippen MR) is 141 cm³/mol. The number of rotatable bonds is 8. The highest BCUT2D eigenvalue weighted by Gasteiger charge is 2.21. The van der Waals surface area contributed by atoms with Crippen molar-refractivity contribution in [3.05, 3.63) is 95.6 Å². The van der Waals surface area contributed by atoms with E-state index in [1.54, 1.807) is 49.6 Å². The standard InChI is InChI=1S/C31H29F2NO3/c1-36-25-11-14-26-21(18-25)7-12-28(27-13-8-22(32)19-29(27)33)30(26)31(35)20-5-9-24(10-6-20)37-17-15-23-4-2-3-16-34-23/h5-14,18-19,23,34H,2-4,15-17H2,1H3. The fourth-order valence-corrected chi connectivity index (χ4v) is 4.95. The number of hydrogen-bond acceptors (Lipinski definition) is 4. The molecule has 1 heterocycles. The van der Waals surface area contributed by atoms with Crippen molar-refractivity contribution in [2.45, 2.75) is 31.7 Å². The Morgan fingerprint density at radius 2 is 1.70 bits per heavy atom. The van der Waals surface area contributed by atoms with Gasteiger partial charge in [0.1, 0.15) is 23.1 Å². The first-order valence-electron chi connectivity index (χ1n) is 12.6. The van der Waals surface area contributed by atoms with E-state index in [1.807, 2.05) is 12.1 Å². The number of ketones is 1. The Balaban J connectivity index is 1.46. The van der Waals surface area contributed by atoms with Gasteiger partial charge in [0, 0.05) is 28.8 Å². The first-order valence-corrected chi connectivity index (χ1v) is 12.6. The average Bonchev–Trinajstić information content (AvgIpc) is 2.93. The molecule has 0 spiro atoms. The van der Waals surface area contributed by atoms with Gasteiger partial charge in [-0.15, -0.1) is 0 Å². The summed E-state index contributed by atoms with van der Waals surface area (Å²) in [4.78, 5) is 13.8. The summed E-state index contributed by atoms with van der Waals surface area (Å²) in [5, 5.41) is 4.96. The van der Waals surface area contributed by atoms with E-state index in [0.717, 1.165) is 24.4 Å². The number of methoxy groups -OCH3 is 1. The van der Waals surface area contributed by atoms with Gasteiger partial charge >= 0.3 is 0 Å². The lowest BCUT2D eigenvalue weighted by Gasteiger charge is -2.23. The highest BCUT2D eigenvalue weighted by atomic mass is 19.1. The summed E-state index contributed by atoms with van der Waals surface area (Å²) in [6, 6.07) is 19.8. The number of carbonyl (C=O) groups excluding carboxylic acids is 1. The van der Waals surface area contributed by atoms with Gasteiger partial charge in [-0.2, -0.15) is 0 Å². The highest BCUT2D eigenvalue weighted by Crippen LogP contribution is 2.35. The van der Waals surface area contributed by atoms with Crippen molar-refractivity contribution in [3.63, 3.8) is 0 Å². The summed E-state index contributed by atoms with van der Waals surface area (Å²) in [5.74, 6) is -0.309. The third kappa shape index (κ3) is 5.49. The first kappa shape index (κ1) is 24.9. The molecule has 0 saturated carbocycles. The van der Waals surface area contributed by atoms with Gasteiger partial charge in [0.2, 0.25) is 0 Å². The third-order valence-electron chi connectivity index (χ3n) is 6.94. The predicted octanol–water partition coefficient (Wildman–Crippen LogP) is 6.94. The second-order valence-corrected chi connectivity index (χ2v) is 9.34. The van der Waals surface area contributed by atoms with E-state index in [0.29, 0.717) is 46.2 Å². The van der Waals surface area contributed by atoms with Gasteiger partial charge in [-0.1, -0.05) is 18.6 Å². The number of piperidine rings is 1. The van der Waals surface area contributed by atoms with E-state index in [4.69, 9.17) is 9.47 Å². The van der Waals surface area contributed by atoms with Crippen LogP contribution in [0.2, 0.25) is 0 Å². The molecule has 0 aromatic heterocycles. The van der Waals surface area contributed by atoms with Crippen LogP contribution in [-0.4, -0.2) is 32.1 Å². The van der Waals surface area contributed by atoms with Gasteiger partial charge in [-0.3, -0.25) is 4.79 Å². The lowest BCUT2D eigenvalue weighted by molar-refractivity contribution is 0.104. The fourth-order valence-electron chi connectivity index (χ4n) is 4.95. The SMILES string of the molecule is COc1ccc2c(C(=O)c3ccc(OCCC4CCCCN4)cc3)c(-c3ccc(F)cc3F)ccc2c1. The summed E-state index contributed by atoms with van der Waals surface area (Å²) in [7, 11) is 1.57. The van der Waals surface area contributed by atoms with Crippen LogP contribution in [0.15, 0.2) is 72.8 Å². The number of benzene rings is 4. The Morgan fingerprint density at radius 1 is 0.919 bits per heavy atom. The van der Waals surface area contributed by atoms with Crippen molar-refractivity contribution < 1.29 is 23.0 Å². The average molecular weight is 502 g/mol. The zero-order chi connectivity index (χ0) is 25.8. The van der Waals surface area contributed by atoms with Crippen LogP contribution in [0.3, 0.4) is 0 Å². The van der Waals surface area contributed by atoms with Gasteiger partial charge in [0.05, 0.1) is 13.7 Å². The lowest BCUT2D eigenvalue weighted by atomic mass is 9.89. The molecule has 0 bridgehead atoms. The van der Waals surface area contributed by atoms with Crippen LogP contribution in [0, 0.1) is 11.6 Å². The lowest BCUT2D eigenvalue weighted by Crippen LogP contribution is -2.35. The number of nitrogens with one attached hydrogen (secondary N) is 1. The molecular formula is C31H29F2NO3. The largest absolute Gasteiger partial charge is 0.497 e. The molecule has 4 aromatic rings. The Kier molecular flexibility index (Phi) is 7.47. The second-order valence-electron chi connectivity index (χ2n) is 9.34. The smallest absolute Gasteiger partial charge is 0.194 e. The van der Waals surface area contributed by atoms with Crippen LogP contribution in [-0.2, 0) is 0 Å². The van der Waals surface area contributed by atoms with E-state index in [-0.39, 0.29) is 11.3 Å². The second kappa shape index (κ2) is 11.1. The van der Waals surface area contributed by atoms with Gasteiger partial charge in [0.25, 0.3) is 0 Å². The monoisotopic (exact) mass is 501 g/mol. The summed E-state index contributed by atoms with van der Waals surface area (Å²) in [6.45, 7) is 1.66. The molecule has 1 atom stereocenters. The molecule has 190 valence electrons. The minimum Gasteiger partial charge on any atom is -0.497 e. The number of ether oxygens (including phenoxy) is 2. The number of carbonyl (C=O) groups is 1. The van der Waals surface area contributed by atoms with Crippen molar-refractivity contribution in [3.8, 4) is 22.6 Å². The molecule has 1 saturated heterocycles. The Bertz CT molecular complexity index is 1410. The first-order chi connectivity index (χ1) is 18.0. The molecule has 1 unspecified atom stereocenters. The van der Waals surface area contributed by atoms with Crippen LogP contribution in [0.25, 0.3) is 21.9 Å². The number of fused-ring (bicyclic) bond motifs is 1. The molecule has 1 aliphatic heterocycles. The molecule has 1 aliphatic rings. The number of halogens is 2. The highest BCUT2D eigenvalue weighted by molar-refractivity contribution is 6.20. The third-order valence-corrected chi connectivity index (χ3v) is 6.94. The zero-order valence-corrected chi connectivity index (χ0v) is 20.7. The van der Waals surface area contributed by atoms with Crippen LogP contribution in [0.5, 0.6) is 11.5 Å². The fraction of sp³-hybridized carbons (Fsp3) is 0.258. The van der Waals surface area contributed by atoms with E-state index < -0.39 is 11.6 Å². The summed E-state index contributed by atoms with van der Waals surface area (Å²) in [5.41, 5.74) is 1.37. The van der Waals surface area contributed by atoms with Crippen molar-refractivity contribution in [1.82, 2.24) is 5.32 Å². The molecule has 4 aromatic carbocycles. The van der Waals surface area contributed by atoms with Gasteiger partial charge in [0.15, 0.2) is 5.78 Å². The molecule has 4 nitrogen and oxygen atoms in total. The van der Waals surface area contributed by atoms with E-state index >= 15 is 0 Å². The zero-order valence-electron chi connectivity index (χ0n) is 20.7. The van der Waals surface area contributed by atoms with Crippen LogP contribution in [0.4, 0.5) is 8.78 Å². The summed E-state index contributed by atoms with van der Waals surface area (Å²) >= 11 is 0. The molecule has 0 aliphatic carbocycles. The Labute approximate surface area is 215 Å². The minimum absolute atomic E-state index is 0.166. The normalized spacial score (nSPS) is 15.5. The van der Waals surface area contributed by atoms with Crippen LogP contribution in [0.1, 0.15) is 41.6 Å². The van der Waals surface area contributed by atoms with Gasteiger partial charge < -0.3 is 14.8 Å². The molecule has 37 heavy (non-hydrogen) atoms. The molecule has 6 heteroatoms. The molecule has 0 amide bonds.